The van der Waals surface area contributed by atoms with Gasteiger partial charge in [-0.3, -0.25) is 4.57 Å². The molecule has 114 valence electrons. The zero-order chi connectivity index (χ0) is 15.7. The Labute approximate surface area is 133 Å². The molecule has 0 atom stereocenters. The fourth-order valence-corrected chi connectivity index (χ4v) is 2.58. The summed E-state index contributed by atoms with van der Waals surface area (Å²) < 4.78 is 2.93. The molecule has 0 radical (unpaired) electrons. The van der Waals surface area contributed by atoms with E-state index in [0.717, 1.165) is 11.4 Å². The Kier molecular flexibility index (Phi) is 3.98. The molecule has 0 aliphatic heterocycles. The largest absolute Gasteiger partial charge is 0.352 e. The van der Waals surface area contributed by atoms with E-state index in [1.54, 1.807) is 4.57 Å². The Morgan fingerprint density at radius 1 is 1.23 bits per heavy atom. The van der Waals surface area contributed by atoms with Crippen LogP contribution in [0, 0.1) is 5.92 Å². The van der Waals surface area contributed by atoms with E-state index in [9.17, 15) is 4.79 Å². The van der Waals surface area contributed by atoms with Crippen molar-refractivity contribution < 1.29 is 0 Å². The highest BCUT2D eigenvalue weighted by molar-refractivity contribution is 6.33. The van der Waals surface area contributed by atoms with E-state index in [2.05, 4.69) is 23.9 Å². The first kappa shape index (κ1) is 14.8. The van der Waals surface area contributed by atoms with Gasteiger partial charge in [0.1, 0.15) is 10.8 Å². The number of hydrogen-bond donors (Lipinski definition) is 0. The van der Waals surface area contributed by atoms with Gasteiger partial charge in [0, 0.05) is 6.42 Å². The number of nitrogens with zero attached hydrogens (tertiary/aromatic N) is 4. The van der Waals surface area contributed by atoms with Crippen LogP contribution in [0.5, 0.6) is 0 Å². The predicted molar refractivity (Wildman–Crippen MR) is 86.3 cm³/mol. The number of hydrogen-bond acceptors (Lipinski definition) is 3. The summed E-state index contributed by atoms with van der Waals surface area (Å²) in [5.41, 5.74) is 1.26. The van der Waals surface area contributed by atoms with Crippen molar-refractivity contribution >= 4 is 17.2 Å². The van der Waals surface area contributed by atoms with Gasteiger partial charge in [-0.05, 0) is 11.5 Å². The average Bonchev–Trinajstić information content (AvgIpc) is 2.85. The molecule has 0 fully saturated rings. The third kappa shape index (κ3) is 2.76. The molecule has 1 aromatic carbocycles. The first-order valence-electron chi connectivity index (χ1n) is 7.23. The molecule has 5 nitrogen and oxygen atoms in total. The molecule has 0 aliphatic rings. The number of benzene rings is 1. The van der Waals surface area contributed by atoms with Gasteiger partial charge in [0.05, 0.1) is 12.7 Å². The van der Waals surface area contributed by atoms with Gasteiger partial charge in [0.25, 0.3) is 0 Å². The van der Waals surface area contributed by atoms with Crippen molar-refractivity contribution in [3.05, 3.63) is 63.4 Å². The van der Waals surface area contributed by atoms with Gasteiger partial charge in [-0.1, -0.05) is 55.8 Å². The minimum Gasteiger partial charge on any atom is -0.275 e. The van der Waals surface area contributed by atoms with Crippen LogP contribution in [-0.2, 0) is 13.0 Å². The molecular formula is C16H17ClN4O. The second-order valence-corrected chi connectivity index (χ2v) is 6.12. The van der Waals surface area contributed by atoms with Crippen LogP contribution in [0.2, 0.25) is 5.02 Å². The maximum absolute atomic E-state index is 12.7. The number of fused-ring (bicyclic) bond motifs is 1. The molecule has 0 amide bonds. The van der Waals surface area contributed by atoms with E-state index >= 15 is 0 Å². The molecule has 0 saturated heterocycles. The number of aromatic nitrogens is 4. The second-order valence-electron chi connectivity index (χ2n) is 5.71. The molecule has 6 heteroatoms. The van der Waals surface area contributed by atoms with Gasteiger partial charge < -0.3 is 0 Å². The van der Waals surface area contributed by atoms with Gasteiger partial charge in [0.15, 0.2) is 5.65 Å². The molecule has 2 aromatic heterocycles. The summed E-state index contributed by atoms with van der Waals surface area (Å²) in [7, 11) is 0. The van der Waals surface area contributed by atoms with Crippen LogP contribution in [0.4, 0.5) is 0 Å². The summed E-state index contributed by atoms with van der Waals surface area (Å²) in [6.07, 6.45) is 2.16. The lowest BCUT2D eigenvalue weighted by Crippen LogP contribution is -2.32. The van der Waals surface area contributed by atoms with E-state index in [4.69, 9.17) is 11.6 Å². The van der Waals surface area contributed by atoms with Crippen molar-refractivity contribution in [2.75, 3.05) is 0 Å². The van der Waals surface area contributed by atoms with Gasteiger partial charge in [-0.15, -0.1) is 0 Å². The minimum atomic E-state index is -0.212. The lowest BCUT2D eigenvalue weighted by Gasteiger charge is -2.14. The molecule has 0 bridgehead atoms. The van der Waals surface area contributed by atoms with Crippen molar-refractivity contribution in [1.29, 1.82) is 0 Å². The summed E-state index contributed by atoms with van der Waals surface area (Å²) in [4.78, 5) is 17.3. The van der Waals surface area contributed by atoms with Crippen LogP contribution in [0.1, 0.15) is 25.2 Å². The normalized spacial score (nSPS) is 11.5. The Bertz CT molecular complexity index is 852. The Morgan fingerprint density at radius 2 is 1.95 bits per heavy atom. The van der Waals surface area contributed by atoms with Gasteiger partial charge in [-0.2, -0.15) is 9.61 Å². The Morgan fingerprint density at radius 3 is 2.64 bits per heavy atom. The molecule has 0 saturated carbocycles. The lowest BCUT2D eigenvalue weighted by molar-refractivity contribution is 0.551. The maximum atomic E-state index is 12.7. The molecule has 2 heterocycles. The summed E-state index contributed by atoms with van der Waals surface area (Å²) in [6, 6.07) is 9.85. The van der Waals surface area contributed by atoms with Crippen molar-refractivity contribution in [1.82, 2.24) is 19.2 Å². The van der Waals surface area contributed by atoms with Crippen molar-refractivity contribution in [3.63, 3.8) is 0 Å². The summed E-state index contributed by atoms with van der Waals surface area (Å²) in [5.74, 6) is 1.12. The highest BCUT2D eigenvalue weighted by Gasteiger charge is 2.15. The van der Waals surface area contributed by atoms with Crippen LogP contribution < -0.4 is 5.69 Å². The van der Waals surface area contributed by atoms with Gasteiger partial charge >= 0.3 is 5.69 Å². The summed E-state index contributed by atoms with van der Waals surface area (Å²) in [5, 5.41) is 4.43. The molecule has 22 heavy (non-hydrogen) atoms. The van der Waals surface area contributed by atoms with Crippen molar-refractivity contribution in [3.8, 4) is 0 Å². The highest BCUT2D eigenvalue weighted by atomic mass is 35.5. The molecular weight excluding hydrogens is 300 g/mol. The van der Waals surface area contributed by atoms with Crippen LogP contribution >= 0.6 is 11.6 Å². The Balaban J connectivity index is 2.17. The SMILES string of the molecule is CC(C)Cc1nc2c(Cl)cnn2c(=O)n1Cc1ccccc1. The predicted octanol–water partition coefficient (Wildman–Crippen LogP) is 2.79. The third-order valence-electron chi connectivity index (χ3n) is 3.43. The fraction of sp³-hybridized carbons (Fsp3) is 0.312. The quantitative estimate of drug-likeness (QED) is 0.743. The Hall–Kier alpha value is -2.14. The molecule has 0 N–H and O–H groups in total. The smallest absolute Gasteiger partial charge is 0.275 e. The summed E-state index contributed by atoms with van der Waals surface area (Å²) in [6.45, 7) is 4.67. The maximum Gasteiger partial charge on any atom is 0.352 e. The monoisotopic (exact) mass is 316 g/mol. The standard InChI is InChI=1S/C16H17ClN4O/c1-11(2)8-14-19-15-13(17)9-18-21(15)16(22)20(14)10-12-6-4-3-5-7-12/h3-7,9,11H,8,10H2,1-2H3. The second kappa shape index (κ2) is 5.93. The number of halogens is 1. The average molecular weight is 317 g/mol. The van der Waals surface area contributed by atoms with E-state index in [0.29, 0.717) is 29.6 Å². The van der Waals surface area contributed by atoms with E-state index in [1.165, 1.54) is 10.7 Å². The van der Waals surface area contributed by atoms with Crippen LogP contribution in [0.15, 0.2) is 41.3 Å². The topological polar surface area (TPSA) is 52.2 Å². The van der Waals surface area contributed by atoms with Crippen LogP contribution in [0.25, 0.3) is 5.65 Å². The molecule has 3 aromatic rings. The van der Waals surface area contributed by atoms with E-state index < -0.39 is 0 Å². The third-order valence-corrected chi connectivity index (χ3v) is 3.70. The molecule has 0 spiro atoms. The first-order valence-corrected chi connectivity index (χ1v) is 7.61. The van der Waals surface area contributed by atoms with Crippen molar-refractivity contribution in [2.24, 2.45) is 5.92 Å². The lowest BCUT2D eigenvalue weighted by atomic mass is 10.1. The van der Waals surface area contributed by atoms with Crippen molar-refractivity contribution in [2.45, 2.75) is 26.8 Å². The molecule has 0 unspecified atom stereocenters. The molecule has 3 rings (SSSR count). The number of rotatable bonds is 4. The van der Waals surface area contributed by atoms with Crippen LogP contribution in [-0.4, -0.2) is 19.2 Å². The zero-order valence-electron chi connectivity index (χ0n) is 12.5. The van der Waals surface area contributed by atoms with Gasteiger partial charge in [0.2, 0.25) is 0 Å². The van der Waals surface area contributed by atoms with E-state index in [-0.39, 0.29) is 5.69 Å². The first-order chi connectivity index (χ1) is 10.6. The summed E-state index contributed by atoms with van der Waals surface area (Å²) >= 11 is 6.07. The van der Waals surface area contributed by atoms with Crippen LogP contribution in [0.3, 0.4) is 0 Å². The van der Waals surface area contributed by atoms with E-state index in [1.807, 2.05) is 30.3 Å². The highest BCUT2D eigenvalue weighted by Crippen LogP contribution is 2.15. The fourth-order valence-electron chi connectivity index (χ4n) is 2.42. The molecule has 0 aliphatic carbocycles. The minimum absolute atomic E-state index is 0.212. The zero-order valence-corrected chi connectivity index (χ0v) is 13.3. The van der Waals surface area contributed by atoms with Gasteiger partial charge in [-0.25, -0.2) is 9.78 Å².